The van der Waals surface area contributed by atoms with E-state index in [1.807, 2.05) is 38.1 Å². The van der Waals surface area contributed by atoms with Crippen molar-refractivity contribution in [3.8, 4) is 0 Å². The van der Waals surface area contributed by atoms with Crippen LogP contribution in [0.25, 0.3) is 0 Å². The summed E-state index contributed by atoms with van der Waals surface area (Å²) in [6.07, 6.45) is 1.65. The third kappa shape index (κ3) is 4.76. The Labute approximate surface area is 161 Å². The lowest BCUT2D eigenvalue weighted by Gasteiger charge is -2.20. The van der Waals surface area contributed by atoms with Gasteiger partial charge in [0, 0.05) is 12.6 Å². The van der Waals surface area contributed by atoms with Crippen molar-refractivity contribution in [3.05, 3.63) is 65.2 Å². The molecule has 0 aliphatic carbocycles. The highest BCUT2D eigenvalue weighted by atomic mass is 32.2. The van der Waals surface area contributed by atoms with E-state index in [1.54, 1.807) is 24.3 Å². The normalized spacial score (nSPS) is 19.7. The van der Waals surface area contributed by atoms with E-state index in [-0.39, 0.29) is 17.0 Å². The maximum atomic E-state index is 12.7. The van der Waals surface area contributed by atoms with Crippen molar-refractivity contribution in [2.75, 3.05) is 6.61 Å². The maximum absolute atomic E-state index is 12.7. The van der Waals surface area contributed by atoms with Crippen molar-refractivity contribution in [2.24, 2.45) is 0 Å². The fraction of sp³-hybridized carbons (Fsp3) is 0.429. The van der Waals surface area contributed by atoms with E-state index >= 15 is 0 Å². The number of hydrogen-bond donors (Lipinski definition) is 2. The second-order valence-electron chi connectivity index (χ2n) is 7.06. The molecule has 146 valence electrons. The number of sulfonamides is 1. The van der Waals surface area contributed by atoms with E-state index in [2.05, 4.69) is 4.72 Å². The van der Waals surface area contributed by atoms with Gasteiger partial charge in [0.05, 0.1) is 11.0 Å². The molecular weight excluding hydrogens is 362 g/mol. The number of aliphatic hydroxyl groups is 1. The first kappa shape index (κ1) is 20.0. The van der Waals surface area contributed by atoms with Gasteiger partial charge in [0.1, 0.15) is 6.10 Å². The van der Waals surface area contributed by atoms with Crippen LogP contribution in [0.1, 0.15) is 55.0 Å². The first-order chi connectivity index (χ1) is 12.9. The van der Waals surface area contributed by atoms with Crippen LogP contribution in [0.5, 0.6) is 0 Å². The van der Waals surface area contributed by atoms with Gasteiger partial charge in [0.25, 0.3) is 0 Å². The Hall–Kier alpha value is -1.73. The van der Waals surface area contributed by atoms with Crippen molar-refractivity contribution in [3.63, 3.8) is 0 Å². The summed E-state index contributed by atoms with van der Waals surface area (Å²) < 4.78 is 33.7. The number of benzene rings is 2. The van der Waals surface area contributed by atoms with Crippen LogP contribution in [-0.2, 0) is 14.8 Å². The van der Waals surface area contributed by atoms with Crippen molar-refractivity contribution >= 4 is 10.0 Å². The average Bonchev–Trinajstić information content (AvgIpc) is 3.21. The van der Waals surface area contributed by atoms with Crippen molar-refractivity contribution in [1.82, 2.24) is 4.72 Å². The quantitative estimate of drug-likeness (QED) is 0.758. The van der Waals surface area contributed by atoms with Crippen molar-refractivity contribution in [1.29, 1.82) is 0 Å². The van der Waals surface area contributed by atoms with Gasteiger partial charge in [-0.05, 0) is 49.4 Å². The fourth-order valence-corrected chi connectivity index (χ4v) is 4.66. The summed E-state index contributed by atoms with van der Waals surface area (Å²) in [5, 5.41) is 10.4. The highest BCUT2D eigenvalue weighted by Crippen LogP contribution is 2.28. The minimum absolute atomic E-state index is 0.155. The molecule has 1 saturated heterocycles. The van der Waals surface area contributed by atoms with Crippen LogP contribution in [0.15, 0.2) is 53.4 Å². The smallest absolute Gasteiger partial charge is 0.241 e. The third-order valence-corrected chi connectivity index (χ3v) is 6.52. The zero-order chi connectivity index (χ0) is 19.4. The van der Waals surface area contributed by atoms with Gasteiger partial charge in [0.15, 0.2) is 0 Å². The van der Waals surface area contributed by atoms with Gasteiger partial charge in [0.2, 0.25) is 10.0 Å². The lowest BCUT2D eigenvalue weighted by atomic mass is 9.98. The Balaban J connectivity index is 1.74. The molecule has 3 rings (SSSR count). The Bertz CT molecular complexity index is 841. The zero-order valence-corrected chi connectivity index (χ0v) is 16.6. The summed E-state index contributed by atoms with van der Waals surface area (Å²) in [7, 11) is -3.60. The molecule has 1 aliphatic heterocycles. The lowest BCUT2D eigenvalue weighted by Crippen LogP contribution is -2.28. The molecule has 3 unspecified atom stereocenters. The van der Waals surface area contributed by atoms with E-state index < -0.39 is 16.1 Å². The van der Waals surface area contributed by atoms with Crippen LogP contribution >= 0.6 is 0 Å². The van der Waals surface area contributed by atoms with Gasteiger partial charge < -0.3 is 9.84 Å². The van der Waals surface area contributed by atoms with Crippen molar-refractivity contribution < 1.29 is 18.3 Å². The van der Waals surface area contributed by atoms with Crippen LogP contribution < -0.4 is 4.72 Å². The van der Waals surface area contributed by atoms with E-state index in [9.17, 15) is 13.5 Å². The van der Waals surface area contributed by atoms with E-state index in [4.69, 9.17) is 4.74 Å². The highest BCUT2D eigenvalue weighted by molar-refractivity contribution is 7.89. The van der Waals surface area contributed by atoms with E-state index in [0.717, 1.165) is 29.5 Å². The van der Waals surface area contributed by atoms with E-state index in [0.29, 0.717) is 13.0 Å². The minimum Gasteiger partial charge on any atom is -0.386 e. The van der Waals surface area contributed by atoms with E-state index in [1.165, 1.54) is 0 Å². The molecule has 0 radical (unpaired) electrons. The lowest BCUT2D eigenvalue weighted by molar-refractivity contribution is -0.00259. The minimum atomic E-state index is -3.60. The number of nitrogens with one attached hydrogen (secondary N) is 1. The molecule has 0 amide bonds. The van der Waals surface area contributed by atoms with Gasteiger partial charge in [-0.15, -0.1) is 0 Å². The molecule has 27 heavy (non-hydrogen) atoms. The maximum Gasteiger partial charge on any atom is 0.241 e. The number of aryl methyl sites for hydroxylation is 1. The number of ether oxygens (including phenoxy) is 1. The Morgan fingerprint density at radius 1 is 1.11 bits per heavy atom. The van der Waals surface area contributed by atoms with Gasteiger partial charge in [-0.2, -0.15) is 0 Å². The molecule has 1 aliphatic rings. The molecule has 2 aromatic carbocycles. The number of aliphatic hydroxyl groups excluding tert-OH is 1. The predicted octanol–water partition coefficient (Wildman–Crippen LogP) is 3.64. The topological polar surface area (TPSA) is 75.6 Å². The summed E-state index contributed by atoms with van der Waals surface area (Å²) in [6, 6.07) is 13.9. The monoisotopic (exact) mass is 389 g/mol. The molecule has 2 aromatic rings. The first-order valence-corrected chi connectivity index (χ1v) is 10.9. The standard InChI is InChI=1S/C21H27NO4S/c1-3-19(22-27(24,25)18-12-6-15(2)7-13-18)16-8-10-17(11-9-16)21(23)20-5-4-14-26-20/h6-13,19-23H,3-5,14H2,1-2H3. The third-order valence-electron chi connectivity index (χ3n) is 5.03. The summed E-state index contributed by atoms with van der Waals surface area (Å²) in [6.45, 7) is 4.56. The van der Waals surface area contributed by atoms with Gasteiger partial charge in [-0.3, -0.25) is 0 Å². The van der Waals surface area contributed by atoms with Crippen LogP contribution in [0.4, 0.5) is 0 Å². The summed E-state index contributed by atoms with van der Waals surface area (Å²) in [4.78, 5) is 0.261. The molecule has 3 atom stereocenters. The van der Waals surface area contributed by atoms with Crippen LogP contribution in [-0.4, -0.2) is 26.2 Å². The van der Waals surface area contributed by atoms with Crippen LogP contribution in [0.2, 0.25) is 0 Å². The Morgan fingerprint density at radius 3 is 2.30 bits per heavy atom. The highest BCUT2D eigenvalue weighted by Gasteiger charge is 2.26. The summed E-state index contributed by atoms with van der Waals surface area (Å²) >= 11 is 0. The van der Waals surface area contributed by atoms with Gasteiger partial charge in [-0.25, -0.2) is 13.1 Å². The molecule has 0 aromatic heterocycles. The largest absolute Gasteiger partial charge is 0.386 e. The van der Waals surface area contributed by atoms with Gasteiger partial charge in [-0.1, -0.05) is 48.9 Å². The molecule has 0 saturated carbocycles. The molecule has 0 bridgehead atoms. The average molecular weight is 390 g/mol. The van der Waals surface area contributed by atoms with Crippen LogP contribution in [0, 0.1) is 6.92 Å². The molecular formula is C21H27NO4S. The molecule has 6 heteroatoms. The predicted molar refractivity (Wildman–Crippen MR) is 105 cm³/mol. The molecule has 1 fully saturated rings. The molecule has 5 nitrogen and oxygen atoms in total. The molecule has 2 N–H and O–H groups in total. The van der Waals surface area contributed by atoms with Crippen molar-refractivity contribution in [2.45, 2.75) is 56.3 Å². The van der Waals surface area contributed by atoms with Crippen LogP contribution in [0.3, 0.4) is 0 Å². The second kappa shape index (κ2) is 8.52. The molecule has 1 heterocycles. The fourth-order valence-electron chi connectivity index (χ4n) is 3.35. The van der Waals surface area contributed by atoms with Gasteiger partial charge >= 0.3 is 0 Å². The number of hydrogen-bond acceptors (Lipinski definition) is 4. The first-order valence-electron chi connectivity index (χ1n) is 9.39. The molecule has 0 spiro atoms. The Kier molecular flexibility index (Phi) is 6.32. The zero-order valence-electron chi connectivity index (χ0n) is 15.8. The number of rotatable bonds is 7. The Morgan fingerprint density at radius 2 is 1.74 bits per heavy atom. The SMILES string of the molecule is CCC(NS(=O)(=O)c1ccc(C)cc1)c1ccc(C(O)C2CCCO2)cc1. The summed E-state index contributed by atoms with van der Waals surface area (Å²) in [5.74, 6) is 0. The second-order valence-corrected chi connectivity index (χ2v) is 8.77. The summed E-state index contributed by atoms with van der Waals surface area (Å²) in [5.41, 5.74) is 2.68.